The lowest BCUT2D eigenvalue weighted by Crippen LogP contribution is -2.47. The van der Waals surface area contributed by atoms with Crippen molar-refractivity contribution < 1.29 is 23.5 Å². The summed E-state index contributed by atoms with van der Waals surface area (Å²) >= 11 is 1.71. The van der Waals surface area contributed by atoms with Gasteiger partial charge in [0.2, 0.25) is 5.91 Å². The number of rotatable bonds is 10. The maximum absolute atomic E-state index is 13.9. The Morgan fingerprint density at radius 1 is 1.07 bits per heavy atom. The minimum absolute atomic E-state index is 0.0875. The van der Waals surface area contributed by atoms with E-state index in [1.54, 1.807) is 61.1 Å². The van der Waals surface area contributed by atoms with Gasteiger partial charge >= 0.3 is 0 Å². The van der Waals surface area contributed by atoms with Gasteiger partial charge in [-0.3, -0.25) is 9.59 Å². The number of thiophene rings is 1. The molecule has 2 aromatic heterocycles. The third kappa shape index (κ3) is 6.23. The summed E-state index contributed by atoms with van der Waals surface area (Å²) in [5, 5.41) is 2.07. The van der Waals surface area contributed by atoms with E-state index in [0.717, 1.165) is 17.7 Å². The van der Waals surface area contributed by atoms with E-state index < -0.39 is 0 Å². The smallest absolute Gasteiger partial charge is 0.254 e. The first-order chi connectivity index (χ1) is 19.4. The van der Waals surface area contributed by atoms with E-state index in [9.17, 15) is 9.59 Å². The molecule has 0 fully saturated rings. The Labute approximate surface area is 238 Å². The number of fused-ring (bicyclic) bond motifs is 1. The van der Waals surface area contributed by atoms with Gasteiger partial charge in [0.15, 0.2) is 0 Å². The zero-order valence-electron chi connectivity index (χ0n) is 23.0. The highest BCUT2D eigenvalue weighted by molar-refractivity contribution is 7.10. The van der Waals surface area contributed by atoms with Crippen LogP contribution in [0.15, 0.2) is 82.8 Å². The van der Waals surface area contributed by atoms with Crippen LogP contribution in [-0.4, -0.2) is 48.4 Å². The molecule has 1 aliphatic heterocycles. The van der Waals surface area contributed by atoms with E-state index >= 15 is 0 Å². The van der Waals surface area contributed by atoms with Gasteiger partial charge in [0.1, 0.15) is 30.4 Å². The van der Waals surface area contributed by atoms with Crippen molar-refractivity contribution >= 4 is 23.2 Å². The van der Waals surface area contributed by atoms with Crippen LogP contribution in [0.4, 0.5) is 0 Å². The van der Waals surface area contributed by atoms with E-state index in [2.05, 4.69) is 37.4 Å². The Bertz CT molecular complexity index is 1430. The predicted octanol–water partition coefficient (Wildman–Crippen LogP) is 6.32. The minimum Gasteiger partial charge on any atom is -0.497 e. The lowest BCUT2D eigenvalue weighted by atomic mass is 10.00. The highest BCUT2D eigenvalue weighted by Crippen LogP contribution is 2.34. The maximum Gasteiger partial charge on any atom is 0.254 e. The van der Waals surface area contributed by atoms with Crippen molar-refractivity contribution in [2.75, 3.05) is 26.8 Å². The molecule has 1 atom stereocenters. The highest BCUT2D eigenvalue weighted by Gasteiger charge is 2.34. The van der Waals surface area contributed by atoms with Gasteiger partial charge in [0.25, 0.3) is 5.91 Å². The van der Waals surface area contributed by atoms with E-state index in [0.29, 0.717) is 36.1 Å². The van der Waals surface area contributed by atoms with Crippen molar-refractivity contribution in [3.63, 3.8) is 0 Å². The molecule has 8 heteroatoms. The lowest BCUT2D eigenvalue weighted by Gasteiger charge is -2.37. The van der Waals surface area contributed by atoms with Gasteiger partial charge in [-0.1, -0.05) is 32.0 Å². The van der Waals surface area contributed by atoms with Gasteiger partial charge in [0, 0.05) is 17.0 Å². The average Bonchev–Trinajstić information content (AvgIpc) is 3.67. The van der Waals surface area contributed by atoms with Crippen LogP contribution in [0.1, 0.15) is 57.9 Å². The number of carbonyl (C=O) groups is 2. The molecule has 208 valence electrons. The molecule has 0 spiro atoms. The molecule has 2 amide bonds. The largest absolute Gasteiger partial charge is 0.497 e. The fourth-order valence-electron chi connectivity index (χ4n) is 4.98. The van der Waals surface area contributed by atoms with Crippen molar-refractivity contribution in [2.45, 2.75) is 38.8 Å². The van der Waals surface area contributed by atoms with Crippen LogP contribution < -0.4 is 9.47 Å². The van der Waals surface area contributed by atoms with Crippen LogP contribution in [0.25, 0.3) is 0 Å². The molecule has 2 aromatic carbocycles. The van der Waals surface area contributed by atoms with Crippen LogP contribution >= 0.6 is 11.3 Å². The van der Waals surface area contributed by atoms with Gasteiger partial charge in [-0.05, 0) is 77.4 Å². The molecule has 3 heterocycles. The molecule has 0 saturated heterocycles. The van der Waals surface area contributed by atoms with Crippen LogP contribution in [0.2, 0.25) is 0 Å². The molecule has 7 nitrogen and oxygen atoms in total. The molecule has 40 heavy (non-hydrogen) atoms. The van der Waals surface area contributed by atoms with Crippen LogP contribution in [0.5, 0.6) is 11.5 Å². The summed E-state index contributed by atoms with van der Waals surface area (Å²) in [6.45, 7) is 5.31. The fraction of sp³-hybridized carbons (Fsp3) is 0.312. The minimum atomic E-state index is -0.269. The number of ether oxygens (including phenoxy) is 2. The third-order valence-electron chi connectivity index (χ3n) is 7.23. The Kier molecular flexibility index (Phi) is 8.55. The molecule has 0 radical (unpaired) electrons. The lowest BCUT2D eigenvalue weighted by molar-refractivity contribution is -0.135. The topological polar surface area (TPSA) is 72.2 Å². The van der Waals surface area contributed by atoms with E-state index in [1.165, 1.54) is 15.3 Å². The number of nitrogens with zero attached hydrogens (tertiary/aromatic N) is 2. The SMILES string of the molecule is COc1cccc(C(=O)N(CC(=O)N2CCc3sccc3C2COc2ccc(C(C)C)cc2)Cc2ccco2)c1. The number of carbonyl (C=O) groups excluding carboxylic acids is 2. The number of hydrogen-bond donors (Lipinski definition) is 0. The van der Waals surface area contributed by atoms with Crippen molar-refractivity contribution in [1.29, 1.82) is 0 Å². The normalized spacial score (nSPS) is 14.6. The molecule has 0 N–H and O–H groups in total. The number of hydrogen-bond acceptors (Lipinski definition) is 6. The van der Waals surface area contributed by atoms with Gasteiger partial charge in [-0.2, -0.15) is 0 Å². The van der Waals surface area contributed by atoms with E-state index in [4.69, 9.17) is 13.9 Å². The van der Waals surface area contributed by atoms with Crippen molar-refractivity contribution in [2.24, 2.45) is 0 Å². The zero-order valence-corrected chi connectivity index (χ0v) is 23.9. The maximum atomic E-state index is 13.9. The first-order valence-electron chi connectivity index (χ1n) is 13.5. The summed E-state index contributed by atoms with van der Waals surface area (Å²) < 4.78 is 17.1. The Morgan fingerprint density at radius 2 is 1.90 bits per heavy atom. The first-order valence-corrected chi connectivity index (χ1v) is 14.3. The fourth-order valence-corrected chi connectivity index (χ4v) is 5.91. The summed E-state index contributed by atoms with van der Waals surface area (Å²) in [5.74, 6) is 1.99. The summed E-state index contributed by atoms with van der Waals surface area (Å²) in [6.07, 6.45) is 2.34. The standard InChI is InChI=1S/C32H34N2O5S/c1-22(2)23-9-11-25(12-10-23)39-21-29-28-14-17-40-30(28)13-15-34(29)31(35)20-33(19-27-8-5-16-38-27)32(36)24-6-4-7-26(18-24)37-3/h4-12,14,16-18,22,29H,13,15,19-21H2,1-3H3. The Balaban J connectivity index is 1.36. The molecule has 0 saturated carbocycles. The second-order valence-electron chi connectivity index (χ2n) is 10.2. The van der Waals surface area contributed by atoms with Crippen molar-refractivity contribution in [3.05, 3.63) is 106 Å². The summed E-state index contributed by atoms with van der Waals surface area (Å²) in [6, 6.07) is 20.5. The molecule has 0 bridgehead atoms. The number of methoxy groups -OCH3 is 1. The average molecular weight is 559 g/mol. The van der Waals surface area contributed by atoms with E-state index in [1.807, 2.05) is 17.0 Å². The molecule has 1 unspecified atom stereocenters. The van der Waals surface area contributed by atoms with Gasteiger partial charge < -0.3 is 23.7 Å². The first kappa shape index (κ1) is 27.5. The molecular weight excluding hydrogens is 524 g/mol. The van der Waals surface area contributed by atoms with Crippen LogP contribution in [0, 0.1) is 0 Å². The summed E-state index contributed by atoms with van der Waals surface area (Å²) in [7, 11) is 1.56. The number of amides is 2. The quantitative estimate of drug-likeness (QED) is 0.228. The number of furan rings is 1. The van der Waals surface area contributed by atoms with Crippen LogP contribution in [-0.2, 0) is 17.8 Å². The molecule has 5 rings (SSSR count). The van der Waals surface area contributed by atoms with Crippen LogP contribution in [0.3, 0.4) is 0 Å². The molecule has 4 aromatic rings. The number of benzene rings is 2. The molecular formula is C32H34N2O5S. The second kappa shape index (κ2) is 12.4. The summed E-state index contributed by atoms with van der Waals surface area (Å²) in [5.41, 5.74) is 2.81. The van der Waals surface area contributed by atoms with Crippen molar-refractivity contribution in [1.82, 2.24) is 9.80 Å². The predicted molar refractivity (Wildman–Crippen MR) is 155 cm³/mol. The van der Waals surface area contributed by atoms with Gasteiger partial charge in [-0.15, -0.1) is 11.3 Å². The van der Waals surface area contributed by atoms with Gasteiger partial charge in [0.05, 0.1) is 26.0 Å². The molecule has 1 aliphatic rings. The molecule has 0 aliphatic carbocycles. The zero-order chi connectivity index (χ0) is 28.1. The Morgan fingerprint density at radius 3 is 2.62 bits per heavy atom. The van der Waals surface area contributed by atoms with Gasteiger partial charge in [-0.25, -0.2) is 0 Å². The monoisotopic (exact) mass is 558 g/mol. The van der Waals surface area contributed by atoms with Crippen molar-refractivity contribution in [3.8, 4) is 11.5 Å². The van der Waals surface area contributed by atoms with E-state index in [-0.39, 0.29) is 30.9 Å². The summed E-state index contributed by atoms with van der Waals surface area (Å²) in [4.78, 5) is 32.2. The third-order valence-corrected chi connectivity index (χ3v) is 8.22. The Hall–Kier alpha value is -4.04. The highest BCUT2D eigenvalue weighted by atomic mass is 32.1. The second-order valence-corrected chi connectivity index (χ2v) is 11.2.